The maximum Gasteiger partial charge on any atom is 0.328 e. The maximum atomic E-state index is 11.4. The summed E-state index contributed by atoms with van der Waals surface area (Å²) in [4.78, 5) is 25.6. The molecule has 21 heavy (non-hydrogen) atoms. The summed E-state index contributed by atoms with van der Waals surface area (Å²) in [7, 11) is -4.40. The Morgan fingerprint density at radius 3 is 2.43 bits per heavy atom. The molecule has 0 atom stereocenters. The molecule has 0 saturated carbocycles. The molecular formula is C10H8N4O6S. The lowest BCUT2D eigenvalue weighted by molar-refractivity contribution is 0.450. The van der Waals surface area contributed by atoms with E-state index in [2.05, 4.69) is 10.2 Å². The van der Waals surface area contributed by atoms with Crippen LogP contribution in [0.3, 0.4) is 0 Å². The largest absolute Gasteiger partial charge is 0.493 e. The normalized spacial score (nSPS) is 11.9. The molecule has 2 rings (SSSR count). The van der Waals surface area contributed by atoms with Crippen LogP contribution in [0.4, 0.5) is 11.4 Å². The first-order valence-corrected chi connectivity index (χ1v) is 6.76. The average molecular weight is 312 g/mol. The molecule has 2 aromatic rings. The fourth-order valence-corrected chi connectivity index (χ4v) is 1.89. The van der Waals surface area contributed by atoms with E-state index in [1.165, 1.54) is 12.1 Å². The number of nitrogens with one attached hydrogen (secondary N) is 2. The predicted molar refractivity (Wildman–Crippen MR) is 69.8 cm³/mol. The monoisotopic (exact) mass is 312 g/mol. The summed E-state index contributed by atoms with van der Waals surface area (Å²) in [6.45, 7) is 0. The third-order valence-corrected chi connectivity index (χ3v) is 3.13. The molecule has 0 aliphatic heterocycles. The zero-order valence-electron chi connectivity index (χ0n) is 10.1. The molecule has 0 amide bonds. The molecule has 0 aliphatic rings. The number of aromatic nitrogens is 2. The highest BCUT2D eigenvalue weighted by molar-refractivity contribution is 7.85. The SMILES string of the molecule is O=c1[nH]c(O)c(N=Nc2cccc(S(=O)(=O)O)c2)c(=O)[nH]1. The molecule has 0 radical (unpaired) electrons. The van der Waals surface area contributed by atoms with Gasteiger partial charge in [-0.15, -0.1) is 5.11 Å². The van der Waals surface area contributed by atoms with E-state index < -0.39 is 37.8 Å². The number of benzene rings is 1. The third kappa shape index (κ3) is 3.40. The lowest BCUT2D eigenvalue weighted by Crippen LogP contribution is -2.20. The van der Waals surface area contributed by atoms with Crippen molar-refractivity contribution in [1.82, 2.24) is 9.97 Å². The van der Waals surface area contributed by atoms with Gasteiger partial charge >= 0.3 is 5.69 Å². The summed E-state index contributed by atoms with van der Waals surface area (Å²) in [5.41, 5.74) is -2.42. The molecule has 4 N–H and O–H groups in total. The first kappa shape index (κ1) is 14.6. The number of aromatic amines is 2. The zero-order chi connectivity index (χ0) is 15.6. The fraction of sp³-hybridized carbons (Fsp3) is 0. The van der Waals surface area contributed by atoms with Crippen LogP contribution >= 0.6 is 0 Å². The Bertz CT molecular complexity index is 927. The van der Waals surface area contributed by atoms with Crippen molar-refractivity contribution in [2.45, 2.75) is 4.90 Å². The van der Waals surface area contributed by atoms with Gasteiger partial charge in [-0.05, 0) is 18.2 Å². The smallest absolute Gasteiger partial charge is 0.328 e. The van der Waals surface area contributed by atoms with Crippen molar-refractivity contribution in [3.05, 3.63) is 45.1 Å². The van der Waals surface area contributed by atoms with Crippen molar-refractivity contribution in [1.29, 1.82) is 0 Å². The number of rotatable bonds is 3. The highest BCUT2D eigenvalue weighted by Gasteiger charge is 2.10. The summed E-state index contributed by atoms with van der Waals surface area (Å²) >= 11 is 0. The van der Waals surface area contributed by atoms with Gasteiger partial charge in [0.2, 0.25) is 11.6 Å². The molecular weight excluding hydrogens is 304 g/mol. The van der Waals surface area contributed by atoms with Gasteiger partial charge in [0.15, 0.2) is 0 Å². The van der Waals surface area contributed by atoms with Crippen LogP contribution in [0.2, 0.25) is 0 Å². The van der Waals surface area contributed by atoms with E-state index >= 15 is 0 Å². The van der Waals surface area contributed by atoms with Gasteiger partial charge in [0.1, 0.15) is 0 Å². The Kier molecular flexibility index (Phi) is 3.69. The van der Waals surface area contributed by atoms with Crippen molar-refractivity contribution in [2.75, 3.05) is 0 Å². The number of hydrogen-bond donors (Lipinski definition) is 4. The van der Waals surface area contributed by atoms with E-state index in [-0.39, 0.29) is 5.69 Å². The highest BCUT2D eigenvalue weighted by atomic mass is 32.2. The van der Waals surface area contributed by atoms with Gasteiger partial charge in [0, 0.05) is 0 Å². The zero-order valence-corrected chi connectivity index (χ0v) is 11.0. The highest BCUT2D eigenvalue weighted by Crippen LogP contribution is 2.22. The predicted octanol–water partition coefficient (Wildman–Crippen LogP) is 0.431. The molecule has 0 aliphatic carbocycles. The molecule has 1 aromatic carbocycles. The van der Waals surface area contributed by atoms with Crippen LogP contribution in [-0.4, -0.2) is 28.0 Å². The van der Waals surface area contributed by atoms with Crippen LogP contribution in [0, 0.1) is 0 Å². The number of aromatic hydroxyl groups is 1. The van der Waals surface area contributed by atoms with Crippen molar-refractivity contribution in [3.8, 4) is 5.88 Å². The van der Waals surface area contributed by atoms with Crippen molar-refractivity contribution in [3.63, 3.8) is 0 Å². The summed E-state index contributed by atoms with van der Waals surface area (Å²) < 4.78 is 30.8. The van der Waals surface area contributed by atoms with Crippen LogP contribution in [0.5, 0.6) is 5.88 Å². The molecule has 0 unspecified atom stereocenters. The Morgan fingerprint density at radius 2 is 1.81 bits per heavy atom. The summed E-state index contributed by atoms with van der Waals surface area (Å²) in [5, 5.41) is 16.3. The van der Waals surface area contributed by atoms with Gasteiger partial charge in [0.05, 0.1) is 10.6 Å². The minimum absolute atomic E-state index is 0.00938. The lowest BCUT2D eigenvalue weighted by Gasteiger charge is -1.98. The van der Waals surface area contributed by atoms with Gasteiger partial charge in [-0.1, -0.05) is 6.07 Å². The van der Waals surface area contributed by atoms with Gasteiger partial charge in [-0.25, -0.2) is 4.79 Å². The molecule has 1 heterocycles. The molecule has 10 nitrogen and oxygen atoms in total. The molecule has 11 heteroatoms. The second-order valence-corrected chi connectivity index (χ2v) is 5.20. The van der Waals surface area contributed by atoms with E-state index in [0.29, 0.717) is 0 Å². The first-order chi connectivity index (χ1) is 9.77. The Hall–Kier alpha value is -2.79. The van der Waals surface area contributed by atoms with E-state index in [1.807, 2.05) is 9.97 Å². The van der Waals surface area contributed by atoms with Crippen molar-refractivity contribution in [2.24, 2.45) is 10.2 Å². The number of H-pyrrole nitrogens is 2. The fourth-order valence-electron chi connectivity index (χ4n) is 1.37. The molecule has 0 saturated heterocycles. The lowest BCUT2D eigenvalue weighted by atomic mass is 10.3. The summed E-state index contributed by atoms with van der Waals surface area (Å²) in [6.07, 6.45) is 0. The molecule has 1 aromatic heterocycles. The molecule has 0 fully saturated rings. The Morgan fingerprint density at radius 1 is 1.10 bits per heavy atom. The standard InChI is InChI=1S/C10H8N4O6S/c15-8-7(9(16)12-10(17)11-8)14-13-5-2-1-3-6(4-5)21(18,19)20/h1-4H,(H,18,19,20)(H3,11,12,15,16,17). The second kappa shape index (κ2) is 5.30. The molecule has 0 bridgehead atoms. The van der Waals surface area contributed by atoms with Crippen LogP contribution in [0.25, 0.3) is 0 Å². The minimum atomic E-state index is -4.40. The Balaban J connectivity index is 2.44. The topological polar surface area (TPSA) is 165 Å². The van der Waals surface area contributed by atoms with Gasteiger partial charge < -0.3 is 5.11 Å². The minimum Gasteiger partial charge on any atom is -0.493 e. The van der Waals surface area contributed by atoms with Gasteiger partial charge in [-0.3, -0.25) is 19.3 Å². The van der Waals surface area contributed by atoms with E-state index in [9.17, 15) is 23.1 Å². The number of nitrogens with zero attached hydrogens (tertiary/aromatic N) is 2. The average Bonchev–Trinajstić information content (AvgIpc) is 2.36. The van der Waals surface area contributed by atoms with Gasteiger partial charge in [-0.2, -0.15) is 13.5 Å². The van der Waals surface area contributed by atoms with E-state index in [0.717, 1.165) is 12.1 Å². The van der Waals surface area contributed by atoms with E-state index in [1.54, 1.807) is 0 Å². The van der Waals surface area contributed by atoms with Gasteiger partial charge in [0.25, 0.3) is 15.7 Å². The maximum absolute atomic E-state index is 11.4. The third-order valence-electron chi connectivity index (χ3n) is 2.28. The van der Waals surface area contributed by atoms with Crippen LogP contribution in [-0.2, 0) is 10.1 Å². The van der Waals surface area contributed by atoms with Crippen LogP contribution in [0.15, 0.2) is 49.0 Å². The van der Waals surface area contributed by atoms with Crippen molar-refractivity contribution < 1.29 is 18.1 Å². The second-order valence-electron chi connectivity index (χ2n) is 3.78. The molecule has 110 valence electrons. The van der Waals surface area contributed by atoms with Crippen LogP contribution in [0.1, 0.15) is 0 Å². The number of hydrogen-bond acceptors (Lipinski definition) is 7. The van der Waals surface area contributed by atoms with E-state index in [4.69, 9.17) is 4.55 Å². The van der Waals surface area contributed by atoms with Crippen molar-refractivity contribution >= 4 is 21.5 Å². The summed E-state index contributed by atoms with van der Waals surface area (Å²) in [6, 6.07) is 4.80. The van der Waals surface area contributed by atoms with Crippen LogP contribution < -0.4 is 11.2 Å². The Labute approximate surface area is 116 Å². The molecule has 0 spiro atoms. The first-order valence-electron chi connectivity index (χ1n) is 5.32. The number of azo groups is 1. The quantitative estimate of drug-likeness (QED) is 0.474. The summed E-state index contributed by atoms with van der Waals surface area (Å²) in [5.74, 6) is -0.779.